The van der Waals surface area contributed by atoms with Gasteiger partial charge in [0.25, 0.3) is 0 Å². The molecule has 0 N–H and O–H groups in total. The molecule has 1 heterocycles. The minimum absolute atomic E-state index is 0.0908. The third-order valence-electron chi connectivity index (χ3n) is 6.56. The maximum absolute atomic E-state index is 12.2. The summed E-state index contributed by atoms with van der Waals surface area (Å²) in [6, 6.07) is 0. The van der Waals surface area contributed by atoms with Crippen LogP contribution in [0, 0.1) is 0 Å². The van der Waals surface area contributed by atoms with E-state index in [0.717, 1.165) is 44.3 Å². The van der Waals surface area contributed by atoms with Gasteiger partial charge in [0.1, 0.15) is 0 Å². The van der Waals surface area contributed by atoms with Crippen molar-refractivity contribution in [3.8, 4) is 0 Å². The van der Waals surface area contributed by atoms with Crippen molar-refractivity contribution < 1.29 is 9.53 Å². The fourth-order valence-electron chi connectivity index (χ4n) is 4.33. The zero-order chi connectivity index (χ0) is 27.7. The summed E-state index contributed by atoms with van der Waals surface area (Å²) in [6.45, 7) is 6.95. The van der Waals surface area contributed by atoms with Gasteiger partial charge in [0.2, 0.25) is 5.28 Å². The predicted molar refractivity (Wildman–Crippen MR) is 166 cm³/mol. The Kier molecular flexibility index (Phi) is 23.8. The van der Waals surface area contributed by atoms with Crippen LogP contribution >= 0.6 is 35.1 Å². The molecule has 8 heteroatoms. The van der Waals surface area contributed by atoms with Gasteiger partial charge in [0.15, 0.2) is 10.3 Å². The van der Waals surface area contributed by atoms with E-state index in [1.807, 2.05) is 6.92 Å². The number of carbonyl (C=O) groups is 1. The number of halogens is 1. The van der Waals surface area contributed by atoms with Crippen LogP contribution in [0.1, 0.15) is 149 Å². The zero-order valence-corrected chi connectivity index (χ0v) is 26.9. The fourth-order valence-corrected chi connectivity index (χ4v) is 6.56. The molecular weight excluding hydrogens is 534 g/mol. The zero-order valence-electron chi connectivity index (χ0n) is 24.5. The topological polar surface area (TPSA) is 65.0 Å². The summed E-state index contributed by atoms with van der Waals surface area (Å²) in [4.78, 5) is 25.5. The van der Waals surface area contributed by atoms with Crippen LogP contribution in [0.25, 0.3) is 0 Å². The molecule has 5 nitrogen and oxygen atoms in total. The molecule has 0 aliphatic heterocycles. The summed E-state index contributed by atoms with van der Waals surface area (Å²) in [5, 5.41) is 1.61. The minimum Gasteiger partial charge on any atom is -0.466 e. The highest BCUT2D eigenvalue weighted by Gasteiger charge is 2.19. The third kappa shape index (κ3) is 20.4. The molecule has 0 aromatic carbocycles. The molecule has 1 rings (SSSR count). The summed E-state index contributed by atoms with van der Waals surface area (Å²) in [5.41, 5.74) is 0. The standard InChI is InChI=1S/C30H54ClN3O2S2/c1-4-7-9-10-11-12-13-14-15-16-17-18-19-21-24-37-29-32-28(31)33-30(34-29)38-26(22-20-8-5-2)25-27(35)36-23-6-3/h26H,4-25H2,1-3H3. The number of unbranched alkanes of at least 4 members (excludes halogenated alkanes) is 15. The summed E-state index contributed by atoms with van der Waals surface area (Å²) in [7, 11) is 0. The Morgan fingerprint density at radius 2 is 1.24 bits per heavy atom. The fraction of sp³-hybridized carbons (Fsp3) is 0.867. The molecule has 0 aliphatic carbocycles. The Balaban J connectivity index is 2.26. The number of hydrogen-bond donors (Lipinski definition) is 0. The summed E-state index contributed by atoms with van der Waals surface area (Å²) in [5.74, 6) is 0.847. The quantitative estimate of drug-likeness (QED) is 0.0606. The average Bonchev–Trinajstić information content (AvgIpc) is 2.89. The van der Waals surface area contributed by atoms with Crippen molar-refractivity contribution in [3.63, 3.8) is 0 Å². The monoisotopic (exact) mass is 587 g/mol. The SMILES string of the molecule is CCCCCCCCCCCCCCCCSc1nc(Cl)nc(SC(CCCCC)CC(=O)OCCC)n1. The van der Waals surface area contributed by atoms with E-state index in [-0.39, 0.29) is 16.5 Å². The van der Waals surface area contributed by atoms with Crippen molar-refractivity contribution in [2.45, 2.75) is 165 Å². The highest BCUT2D eigenvalue weighted by atomic mass is 35.5. The molecule has 220 valence electrons. The van der Waals surface area contributed by atoms with Crippen LogP contribution in [0.15, 0.2) is 10.3 Å². The molecule has 0 saturated carbocycles. The van der Waals surface area contributed by atoms with E-state index in [1.165, 1.54) is 95.2 Å². The summed E-state index contributed by atoms with van der Waals surface area (Å²) >= 11 is 9.41. The first-order valence-electron chi connectivity index (χ1n) is 15.5. The van der Waals surface area contributed by atoms with Crippen molar-refractivity contribution in [2.24, 2.45) is 0 Å². The Bertz CT molecular complexity index is 712. The number of hydrogen-bond acceptors (Lipinski definition) is 7. The number of esters is 1. The molecule has 1 aromatic rings. The van der Waals surface area contributed by atoms with Crippen LogP contribution in [-0.4, -0.2) is 38.5 Å². The average molecular weight is 588 g/mol. The van der Waals surface area contributed by atoms with Gasteiger partial charge in [-0.2, -0.15) is 15.0 Å². The lowest BCUT2D eigenvalue weighted by Gasteiger charge is -2.15. The van der Waals surface area contributed by atoms with E-state index in [0.29, 0.717) is 23.3 Å². The van der Waals surface area contributed by atoms with Crippen LogP contribution in [0.5, 0.6) is 0 Å². The number of aromatic nitrogens is 3. The molecule has 0 spiro atoms. The van der Waals surface area contributed by atoms with Crippen LogP contribution in [-0.2, 0) is 9.53 Å². The smallest absolute Gasteiger partial charge is 0.306 e. The van der Waals surface area contributed by atoms with Gasteiger partial charge < -0.3 is 4.74 Å². The van der Waals surface area contributed by atoms with E-state index in [1.54, 1.807) is 11.8 Å². The van der Waals surface area contributed by atoms with Gasteiger partial charge in [-0.1, -0.05) is 147 Å². The van der Waals surface area contributed by atoms with Crippen molar-refractivity contribution in [1.82, 2.24) is 15.0 Å². The van der Waals surface area contributed by atoms with Crippen molar-refractivity contribution >= 4 is 41.1 Å². The van der Waals surface area contributed by atoms with Gasteiger partial charge in [0, 0.05) is 11.0 Å². The molecule has 0 aliphatic rings. The van der Waals surface area contributed by atoms with Gasteiger partial charge in [-0.25, -0.2) is 0 Å². The number of thioether (sulfide) groups is 2. The minimum atomic E-state index is -0.145. The second-order valence-corrected chi connectivity index (χ2v) is 12.9. The van der Waals surface area contributed by atoms with Crippen LogP contribution in [0.3, 0.4) is 0 Å². The van der Waals surface area contributed by atoms with E-state index in [9.17, 15) is 4.79 Å². The largest absolute Gasteiger partial charge is 0.466 e. The maximum Gasteiger partial charge on any atom is 0.306 e. The summed E-state index contributed by atoms with van der Waals surface area (Å²) < 4.78 is 5.31. The molecule has 0 bridgehead atoms. The predicted octanol–water partition coefficient (Wildman–Crippen LogP) is 10.5. The lowest BCUT2D eigenvalue weighted by atomic mass is 10.0. The normalized spacial score (nSPS) is 12.1. The van der Waals surface area contributed by atoms with E-state index < -0.39 is 0 Å². The number of rotatable bonds is 26. The van der Waals surface area contributed by atoms with Gasteiger partial charge in [0.05, 0.1) is 13.0 Å². The van der Waals surface area contributed by atoms with Gasteiger partial charge in [-0.15, -0.1) is 0 Å². The number of carbonyl (C=O) groups excluding carboxylic acids is 1. The number of nitrogens with zero attached hydrogens (tertiary/aromatic N) is 3. The Morgan fingerprint density at radius 1 is 0.711 bits per heavy atom. The van der Waals surface area contributed by atoms with Crippen LogP contribution in [0.2, 0.25) is 5.28 Å². The lowest BCUT2D eigenvalue weighted by Crippen LogP contribution is -2.15. The van der Waals surface area contributed by atoms with Crippen molar-refractivity contribution in [1.29, 1.82) is 0 Å². The maximum atomic E-state index is 12.2. The second kappa shape index (κ2) is 25.4. The molecule has 1 unspecified atom stereocenters. The van der Waals surface area contributed by atoms with E-state index >= 15 is 0 Å². The van der Waals surface area contributed by atoms with E-state index in [2.05, 4.69) is 28.8 Å². The Morgan fingerprint density at radius 3 is 1.82 bits per heavy atom. The Hall–Kier alpha value is -0.530. The van der Waals surface area contributed by atoms with Crippen LogP contribution in [0.4, 0.5) is 0 Å². The highest BCUT2D eigenvalue weighted by molar-refractivity contribution is 8.00. The Labute approximate surface area is 247 Å². The molecule has 0 fully saturated rings. The first kappa shape index (κ1) is 35.5. The third-order valence-corrected chi connectivity index (χ3v) is 8.79. The molecular formula is C30H54ClN3O2S2. The van der Waals surface area contributed by atoms with Gasteiger partial charge in [-0.3, -0.25) is 4.79 Å². The molecule has 0 radical (unpaired) electrons. The van der Waals surface area contributed by atoms with E-state index in [4.69, 9.17) is 16.3 Å². The second-order valence-electron chi connectivity index (χ2n) is 10.3. The molecule has 0 saturated heterocycles. The molecule has 38 heavy (non-hydrogen) atoms. The first-order valence-corrected chi connectivity index (χ1v) is 17.7. The highest BCUT2D eigenvalue weighted by Crippen LogP contribution is 2.29. The molecule has 1 atom stereocenters. The van der Waals surface area contributed by atoms with Crippen molar-refractivity contribution in [2.75, 3.05) is 12.4 Å². The van der Waals surface area contributed by atoms with Gasteiger partial charge in [-0.05, 0) is 30.9 Å². The first-order chi connectivity index (χ1) is 18.6. The van der Waals surface area contributed by atoms with Crippen molar-refractivity contribution in [3.05, 3.63) is 5.28 Å². The number of ether oxygens (including phenoxy) is 1. The lowest BCUT2D eigenvalue weighted by molar-refractivity contribution is -0.143. The molecule has 1 aromatic heterocycles. The molecule has 0 amide bonds. The summed E-state index contributed by atoms with van der Waals surface area (Å²) in [6.07, 6.45) is 24.6. The van der Waals surface area contributed by atoms with Crippen LogP contribution < -0.4 is 0 Å². The van der Waals surface area contributed by atoms with Gasteiger partial charge >= 0.3 is 5.97 Å².